The van der Waals surface area contributed by atoms with E-state index in [0.717, 1.165) is 38.3 Å². The van der Waals surface area contributed by atoms with E-state index in [9.17, 15) is 13.2 Å². The van der Waals surface area contributed by atoms with Gasteiger partial charge >= 0.3 is 0 Å². The largest absolute Gasteiger partial charge is 0.369 e. The number of carbonyl (C=O) groups is 1. The Bertz CT molecular complexity index is 713. The molecule has 1 aliphatic rings. The van der Waals surface area contributed by atoms with Crippen LogP contribution in [0.25, 0.3) is 0 Å². The van der Waals surface area contributed by atoms with Gasteiger partial charge in [-0.15, -0.1) is 0 Å². The molecule has 1 saturated heterocycles. The predicted octanol–water partition coefficient (Wildman–Crippen LogP) is 1.51. The maximum absolute atomic E-state index is 12.2. The van der Waals surface area contributed by atoms with Crippen molar-refractivity contribution in [3.05, 3.63) is 24.3 Å². The molecule has 152 valence electrons. The van der Waals surface area contributed by atoms with Gasteiger partial charge < -0.3 is 15.1 Å². The summed E-state index contributed by atoms with van der Waals surface area (Å²) in [7, 11) is -1.35. The minimum Gasteiger partial charge on any atom is -0.369 e. The van der Waals surface area contributed by atoms with Crippen LogP contribution in [0.3, 0.4) is 0 Å². The number of piperazine rings is 1. The number of likely N-dealkylation sites (N-methyl/N-ethyl adjacent to an activating group) is 1. The summed E-state index contributed by atoms with van der Waals surface area (Å²) in [5, 5.41) is 2.87. The van der Waals surface area contributed by atoms with Gasteiger partial charge in [-0.05, 0) is 44.7 Å². The third kappa shape index (κ3) is 6.39. The average Bonchev–Trinajstić information content (AvgIpc) is 2.62. The topological polar surface area (TPSA) is 73.0 Å². The zero-order valence-electron chi connectivity index (χ0n) is 16.8. The number of sulfonamides is 1. The number of carbonyl (C=O) groups excluding carboxylic acids is 1. The van der Waals surface area contributed by atoms with Crippen molar-refractivity contribution in [2.24, 2.45) is 0 Å². The number of amides is 1. The molecule has 2 rings (SSSR count). The lowest BCUT2D eigenvalue weighted by Gasteiger charge is -2.34. The molecule has 0 radical (unpaired) electrons. The average molecular weight is 397 g/mol. The normalized spacial score (nSPS) is 16.8. The molecule has 7 nitrogen and oxygen atoms in total. The van der Waals surface area contributed by atoms with Gasteiger partial charge in [-0.2, -0.15) is 0 Å². The molecule has 1 fully saturated rings. The Labute approximate surface area is 163 Å². The first-order chi connectivity index (χ1) is 12.7. The second-order valence-electron chi connectivity index (χ2n) is 7.27. The van der Waals surface area contributed by atoms with Gasteiger partial charge in [0.15, 0.2) is 0 Å². The molecular formula is C19H32N4O3S. The van der Waals surface area contributed by atoms with Crippen LogP contribution >= 0.6 is 0 Å². The van der Waals surface area contributed by atoms with Crippen molar-refractivity contribution in [1.29, 1.82) is 0 Å². The summed E-state index contributed by atoms with van der Waals surface area (Å²) in [6.45, 7) is 8.02. The molecule has 1 amide bonds. The number of hydrogen-bond acceptors (Lipinski definition) is 5. The molecule has 1 aromatic rings. The number of benzene rings is 1. The summed E-state index contributed by atoms with van der Waals surface area (Å²) in [6.07, 6.45) is 2.15. The van der Waals surface area contributed by atoms with Crippen LogP contribution in [0.1, 0.15) is 26.7 Å². The first-order valence-corrected chi connectivity index (χ1v) is 11.4. The van der Waals surface area contributed by atoms with Gasteiger partial charge in [0.1, 0.15) is 0 Å². The van der Waals surface area contributed by atoms with Crippen LogP contribution in [-0.2, 0) is 14.8 Å². The Morgan fingerprint density at radius 3 is 2.30 bits per heavy atom. The van der Waals surface area contributed by atoms with Gasteiger partial charge in [0.05, 0.1) is 11.9 Å². The smallest absolute Gasteiger partial charge is 0.232 e. The molecule has 0 spiro atoms. The Morgan fingerprint density at radius 1 is 1.19 bits per heavy atom. The summed E-state index contributed by atoms with van der Waals surface area (Å²) in [5.41, 5.74) is 1.68. The van der Waals surface area contributed by atoms with E-state index in [0.29, 0.717) is 5.69 Å². The van der Waals surface area contributed by atoms with Crippen molar-refractivity contribution in [3.8, 4) is 0 Å². The molecule has 1 aromatic carbocycles. The Morgan fingerprint density at radius 2 is 1.78 bits per heavy atom. The SMILES string of the molecule is CCC(C)NC(=O)CCN(c1ccc(N2CCN(C)CC2)cc1)S(C)(=O)=O. The molecule has 1 unspecified atom stereocenters. The second kappa shape index (κ2) is 9.41. The summed E-state index contributed by atoms with van der Waals surface area (Å²) < 4.78 is 25.8. The molecule has 8 heteroatoms. The minimum atomic E-state index is -3.46. The minimum absolute atomic E-state index is 0.0899. The molecule has 0 aliphatic carbocycles. The predicted molar refractivity (Wildman–Crippen MR) is 111 cm³/mol. The zero-order valence-corrected chi connectivity index (χ0v) is 17.6. The number of hydrogen-bond donors (Lipinski definition) is 1. The van der Waals surface area contributed by atoms with Crippen LogP contribution in [0.2, 0.25) is 0 Å². The first kappa shape index (κ1) is 21.5. The van der Waals surface area contributed by atoms with Gasteiger partial charge in [0.2, 0.25) is 15.9 Å². The fourth-order valence-electron chi connectivity index (χ4n) is 3.03. The van der Waals surface area contributed by atoms with Crippen LogP contribution in [0, 0.1) is 0 Å². The molecule has 0 saturated carbocycles. The lowest BCUT2D eigenvalue weighted by molar-refractivity contribution is -0.121. The fourth-order valence-corrected chi connectivity index (χ4v) is 3.96. The number of rotatable bonds is 8. The van der Waals surface area contributed by atoms with Crippen molar-refractivity contribution in [2.45, 2.75) is 32.7 Å². The highest BCUT2D eigenvalue weighted by atomic mass is 32.2. The Balaban J connectivity index is 2.05. The van der Waals surface area contributed by atoms with Gasteiger partial charge in [-0.25, -0.2) is 8.42 Å². The van der Waals surface area contributed by atoms with Crippen molar-refractivity contribution in [3.63, 3.8) is 0 Å². The van der Waals surface area contributed by atoms with E-state index in [4.69, 9.17) is 0 Å². The highest BCUT2D eigenvalue weighted by molar-refractivity contribution is 7.92. The van der Waals surface area contributed by atoms with Crippen molar-refractivity contribution in [1.82, 2.24) is 10.2 Å². The van der Waals surface area contributed by atoms with Gasteiger partial charge in [0.25, 0.3) is 0 Å². The molecular weight excluding hydrogens is 364 g/mol. The van der Waals surface area contributed by atoms with E-state index in [-0.39, 0.29) is 24.9 Å². The van der Waals surface area contributed by atoms with E-state index in [2.05, 4.69) is 22.2 Å². The van der Waals surface area contributed by atoms with Crippen LogP contribution in [-0.4, -0.2) is 71.3 Å². The summed E-state index contributed by atoms with van der Waals surface area (Å²) in [6, 6.07) is 7.64. The lowest BCUT2D eigenvalue weighted by Crippen LogP contribution is -2.44. The third-order valence-electron chi connectivity index (χ3n) is 4.97. The van der Waals surface area contributed by atoms with Crippen molar-refractivity contribution >= 4 is 27.3 Å². The maximum Gasteiger partial charge on any atom is 0.232 e. The molecule has 0 bridgehead atoms. The van der Waals surface area contributed by atoms with E-state index >= 15 is 0 Å². The zero-order chi connectivity index (χ0) is 20.0. The van der Waals surface area contributed by atoms with E-state index in [1.54, 1.807) is 0 Å². The summed E-state index contributed by atoms with van der Waals surface area (Å²) in [5.74, 6) is -0.132. The lowest BCUT2D eigenvalue weighted by atomic mass is 10.2. The highest BCUT2D eigenvalue weighted by Crippen LogP contribution is 2.23. The molecule has 1 atom stereocenters. The van der Waals surface area contributed by atoms with Gasteiger partial charge in [-0.1, -0.05) is 6.92 Å². The van der Waals surface area contributed by atoms with Crippen LogP contribution in [0.4, 0.5) is 11.4 Å². The monoisotopic (exact) mass is 396 g/mol. The summed E-state index contributed by atoms with van der Waals surface area (Å²) >= 11 is 0. The second-order valence-corrected chi connectivity index (χ2v) is 9.18. The maximum atomic E-state index is 12.2. The third-order valence-corrected chi connectivity index (χ3v) is 6.16. The van der Waals surface area contributed by atoms with Crippen LogP contribution in [0.15, 0.2) is 24.3 Å². The van der Waals surface area contributed by atoms with Crippen LogP contribution < -0.4 is 14.5 Å². The Kier molecular flexibility index (Phi) is 7.49. The molecule has 27 heavy (non-hydrogen) atoms. The summed E-state index contributed by atoms with van der Waals surface area (Å²) in [4.78, 5) is 16.6. The van der Waals surface area contributed by atoms with Crippen LogP contribution in [0.5, 0.6) is 0 Å². The molecule has 1 aliphatic heterocycles. The van der Waals surface area contributed by atoms with Gasteiger partial charge in [0, 0.05) is 50.9 Å². The number of nitrogens with zero attached hydrogens (tertiary/aromatic N) is 3. The van der Waals surface area contributed by atoms with Crippen molar-refractivity contribution in [2.75, 3.05) is 55.2 Å². The van der Waals surface area contributed by atoms with Crippen molar-refractivity contribution < 1.29 is 13.2 Å². The molecule has 0 aromatic heterocycles. The highest BCUT2D eigenvalue weighted by Gasteiger charge is 2.20. The van der Waals surface area contributed by atoms with E-state index < -0.39 is 10.0 Å². The number of nitrogens with one attached hydrogen (secondary N) is 1. The quantitative estimate of drug-likeness (QED) is 0.721. The van der Waals surface area contributed by atoms with Gasteiger partial charge in [-0.3, -0.25) is 9.10 Å². The molecule has 1 heterocycles. The standard InChI is InChI=1S/C19H32N4O3S/c1-5-16(2)20-19(24)10-11-23(27(4,25)26)18-8-6-17(7-9-18)22-14-12-21(3)13-15-22/h6-9,16H,5,10-15H2,1-4H3,(H,20,24). The fraction of sp³-hybridized carbons (Fsp3) is 0.632. The van der Waals surface area contributed by atoms with E-state index in [1.165, 1.54) is 10.6 Å². The first-order valence-electron chi connectivity index (χ1n) is 9.51. The molecule has 1 N–H and O–H groups in total. The number of anilines is 2. The Hall–Kier alpha value is -1.80. The van der Waals surface area contributed by atoms with E-state index in [1.807, 2.05) is 38.1 Å².